The van der Waals surface area contributed by atoms with E-state index in [2.05, 4.69) is 40.0 Å². The molecule has 2 aromatic rings. The maximum absolute atomic E-state index is 11.7. The lowest BCUT2D eigenvalue weighted by atomic mass is 9.99. The van der Waals surface area contributed by atoms with Gasteiger partial charge in [-0.25, -0.2) is 4.98 Å². The highest BCUT2D eigenvalue weighted by molar-refractivity contribution is 7.98. The lowest BCUT2D eigenvalue weighted by molar-refractivity contribution is 0.676. The van der Waals surface area contributed by atoms with Gasteiger partial charge in [-0.2, -0.15) is 0 Å². The fourth-order valence-corrected chi connectivity index (χ4v) is 3.24. The molecule has 0 atom stereocenters. The van der Waals surface area contributed by atoms with E-state index in [-0.39, 0.29) is 5.56 Å². The third-order valence-electron chi connectivity index (χ3n) is 3.77. The normalized spacial score (nSPS) is 14.1. The quantitative estimate of drug-likeness (QED) is 0.699. The summed E-state index contributed by atoms with van der Waals surface area (Å²) in [7, 11) is 0. The molecule has 5 heteroatoms. The van der Waals surface area contributed by atoms with E-state index in [0.717, 1.165) is 25.1 Å². The van der Waals surface area contributed by atoms with E-state index >= 15 is 0 Å². The molecule has 4 nitrogen and oxygen atoms in total. The molecule has 2 heterocycles. The Morgan fingerprint density at radius 2 is 2.24 bits per heavy atom. The average Bonchev–Trinajstić information content (AvgIpc) is 2.46. The molecule has 0 aliphatic carbocycles. The number of nitrogens with zero attached hydrogens (tertiary/aromatic N) is 2. The molecule has 0 spiro atoms. The van der Waals surface area contributed by atoms with Gasteiger partial charge in [0.15, 0.2) is 5.16 Å². The van der Waals surface area contributed by atoms with E-state index < -0.39 is 0 Å². The summed E-state index contributed by atoms with van der Waals surface area (Å²) in [5.41, 5.74) is 4.73. The average molecular weight is 301 g/mol. The van der Waals surface area contributed by atoms with Crippen LogP contribution in [0.3, 0.4) is 0 Å². The predicted octanol–water partition coefficient (Wildman–Crippen LogP) is 2.75. The summed E-state index contributed by atoms with van der Waals surface area (Å²) in [4.78, 5) is 21.2. The van der Waals surface area contributed by atoms with Crippen LogP contribution in [0.25, 0.3) is 0 Å². The van der Waals surface area contributed by atoms with E-state index in [1.165, 1.54) is 28.6 Å². The van der Waals surface area contributed by atoms with Crippen molar-refractivity contribution < 1.29 is 0 Å². The van der Waals surface area contributed by atoms with E-state index in [9.17, 15) is 4.79 Å². The van der Waals surface area contributed by atoms with Crippen molar-refractivity contribution in [2.75, 3.05) is 17.7 Å². The van der Waals surface area contributed by atoms with Gasteiger partial charge in [0.2, 0.25) is 0 Å². The van der Waals surface area contributed by atoms with Gasteiger partial charge in [0.1, 0.15) is 0 Å². The van der Waals surface area contributed by atoms with E-state index in [4.69, 9.17) is 0 Å². The molecule has 21 heavy (non-hydrogen) atoms. The maximum Gasteiger partial charge on any atom is 0.251 e. The number of H-pyrrole nitrogens is 1. The van der Waals surface area contributed by atoms with Gasteiger partial charge < -0.3 is 9.88 Å². The van der Waals surface area contributed by atoms with Gasteiger partial charge in [-0.15, -0.1) is 0 Å². The number of aromatic nitrogens is 2. The highest BCUT2D eigenvalue weighted by atomic mass is 32.2. The topological polar surface area (TPSA) is 49.0 Å². The van der Waals surface area contributed by atoms with Crippen LogP contribution in [0.4, 0.5) is 5.69 Å². The van der Waals surface area contributed by atoms with Crippen molar-refractivity contribution in [1.29, 1.82) is 0 Å². The van der Waals surface area contributed by atoms with Crippen molar-refractivity contribution >= 4 is 17.4 Å². The van der Waals surface area contributed by atoms with Gasteiger partial charge in [-0.3, -0.25) is 4.79 Å². The van der Waals surface area contributed by atoms with Crippen LogP contribution in [0.2, 0.25) is 0 Å². The first-order valence-electron chi connectivity index (χ1n) is 7.14. The summed E-state index contributed by atoms with van der Waals surface area (Å²) in [6.07, 6.45) is 4.20. The largest absolute Gasteiger partial charge is 0.365 e. The Balaban J connectivity index is 1.90. The number of aromatic amines is 1. The third kappa shape index (κ3) is 3.13. The molecule has 0 radical (unpaired) electrons. The van der Waals surface area contributed by atoms with Crippen LogP contribution in [0, 0.1) is 6.92 Å². The lowest BCUT2D eigenvalue weighted by Crippen LogP contribution is -2.30. The molecule has 1 aromatic heterocycles. The van der Waals surface area contributed by atoms with Gasteiger partial charge in [-0.1, -0.05) is 29.5 Å². The first-order chi connectivity index (χ1) is 10.2. The zero-order valence-corrected chi connectivity index (χ0v) is 13.2. The first-order valence-corrected chi connectivity index (χ1v) is 8.37. The monoisotopic (exact) mass is 301 g/mol. The van der Waals surface area contributed by atoms with Gasteiger partial charge in [-0.05, 0) is 37.7 Å². The number of anilines is 1. The minimum absolute atomic E-state index is 0.0783. The molecule has 0 saturated carbocycles. The van der Waals surface area contributed by atoms with Gasteiger partial charge in [0.25, 0.3) is 5.56 Å². The SMILES string of the molecule is CSc1nc(CN2CCCc3cc(C)ccc32)cc(=O)[nH]1. The van der Waals surface area contributed by atoms with Crippen molar-refractivity contribution in [3.05, 3.63) is 51.4 Å². The molecule has 1 N–H and O–H groups in total. The van der Waals surface area contributed by atoms with Crippen molar-refractivity contribution in [2.45, 2.75) is 31.5 Å². The van der Waals surface area contributed by atoms with Crippen LogP contribution in [0.15, 0.2) is 34.2 Å². The van der Waals surface area contributed by atoms with Gasteiger partial charge in [0, 0.05) is 18.3 Å². The second-order valence-corrected chi connectivity index (χ2v) is 6.20. The molecule has 0 fully saturated rings. The second-order valence-electron chi connectivity index (χ2n) is 5.40. The van der Waals surface area contributed by atoms with E-state index in [1.54, 1.807) is 6.07 Å². The van der Waals surface area contributed by atoms with Crippen LogP contribution < -0.4 is 10.5 Å². The Bertz CT molecular complexity index is 711. The Morgan fingerprint density at radius 3 is 3.05 bits per heavy atom. The number of thioether (sulfide) groups is 1. The Kier molecular flexibility index (Phi) is 4.01. The number of benzene rings is 1. The Labute approximate surface area is 128 Å². The van der Waals surface area contributed by atoms with Crippen LogP contribution in [-0.4, -0.2) is 22.8 Å². The molecular weight excluding hydrogens is 282 g/mol. The molecular formula is C16H19N3OS. The number of nitrogens with one attached hydrogen (secondary N) is 1. The summed E-state index contributed by atoms with van der Waals surface area (Å²) in [5.74, 6) is 0. The highest BCUT2D eigenvalue weighted by Gasteiger charge is 2.17. The van der Waals surface area contributed by atoms with Gasteiger partial charge in [0.05, 0.1) is 12.2 Å². The fraction of sp³-hybridized carbons (Fsp3) is 0.375. The van der Waals surface area contributed by atoms with E-state index in [0.29, 0.717) is 11.7 Å². The summed E-state index contributed by atoms with van der Waals surface area (Å²) < 4.78 is 0. The summed E-state index contributed by atoms with van der Waals surface area (Å²) in [6, 6.07) is 8.20. The number of hydrogen-bond acceptors (Lipinski definition) is 4. The minimum Gasteiger partial charge on any atom is -0.365 e. The molecule has 3 rings (SSSR count). The predicted molar refractivity (Wildman–Crippen MR) is 87.2 cm³/mol. The standard InChI is InChI=1S/C16H19N3OS/c1-11-5-6-14-12(8-11)4-3-7-19(14)10-13-9-15(20)18-16(17-13)21-2/h5-6,8-9H,3-4,7,10H2,1-2H3,(H,17,18,20). The van der Waals surface area contributed by atoms with Crippen molar-refractivity contribution in [1.82, 2.24) is 9.97 Å². The zero-order valence-electron chi connectivity index (χ0n) is 12.3. The van der Waals surface area contributed by atoms with Crippen molar-refractivity contribution in [2.24, 2.45) is 0 Å². The number of rotatable bonds is 3. The summed E-state index contributed by atoms with van der Waals surface area (Å²) >= 11 is 1.46. The van der Waals surface area contributed by atoms with Gasteiger partial charge >= 0.3 is 0 Å². The number of aryl methyl sites for hydroxylation is 2. The molecule has 0 amide bonds. The van der Waals surface area contributed by atoms with Crippen LogP contribution in [-0.2, 0) is 13.0 Å². The number of fused-ring (bicyclic) bond motifs is 1. The molecule has 1 aromatic carbocycles. The van der Waals surface area contributed by atoms with Crippen LogP contribution in [0.5, 0.6) is 0 Å². The lowest BCUT2D eigenvalue weighted by Gasteiger charge is -2.31. The summed E-state index contributed by atoms with van der Waals surface area (Å²) in [5, 5.41) is 0.679. The maximum atomic E-state index is 11.7. The van der Waals surface area contributed by atoms with Crippen LogP contribution >= 0.6 is 11.8 Å². The van der Waals surface area contributed by atoms with E-state index in [1.807, 2.05) is 6.26 Å². The highest BCUT2D eigenvalue weighted by Crippen LogP contribution is 2.28. The third-order valence-corrected chi connectivity index (χ3v) is 4.35. The minimum atomic E-state index is -0.0783. The Hall–Kier alpha value is -1.75. The van der Waals surface area contributed by atoms with Crippen molar-refractivity contribution in [3.63, 3.8) is 0 Å². The van der Waals surface area contributed by atoms with Crippen LogP contribution in [0.1, 0.15) is 23.2 Å². The molecule has 1 aliphatic heterocycles. The molecule has 0 unspecified atom stereocenters. The molecule has 1 aliphatic rings. The Morgan fingerprint density at radius 1 is 1.38 bits per heavy atom. The van der Waals surface area contributed by atoms with Crippen molar-refractivity contribution in [3.8, 4) is 0 Å². The molecule has 0 saturated heterocycles. The smallest absolute Gasteiger partial charge is 0.251 e. The first kappa shape index (κ1) is 14.2. The summed E-state index contributed by atoms with van der Waals surface area (Å²) in [6.45, 7) is 3.83. The molecule has 0 bridgehead atoms. The number of hydrogen-bond donors (Lipinski definition) is 1. The fourth-order valence-electron chi connectivity index (χ4n) is 2.82. The zero-order chi connectivity index (χ0) is 14.8. The molecule has 110 valence electrons. The second kappa shape index (κ2) is 5.93.